The van der Waals surface area contributed by atoms with Crippen molar-refractivity contribution in [3.63, 3.8) is 0 Å². The van der Waals surface area contributed by atoms with Gasteiger partial charge in [0.25, 0.3) is 0 Å². The van der Waals surface area contributed by atoms with Gasteiger partial charge in [0.15, 0.2) is 0 Å². The molecular weight excluding hydrogens is 226 g/mol. The predicted octanol–water partition coefficient (Wildman–Crippen LogP) is 1.77. The summed E-state index contributed by atoms with van der Waals surface area (Å²) in [5.41, 5.74) is 2.12. The molecule has 1 aromatic rings. The van der Waals surface area contributed by atoms with Crippen molar-refractivity contribution in [3.8, 4) is 0 Å². The molecule has 0 bridgehead atoms. The lowest BCUT2D eigenvalue weighted by molar-refractivity contribution is 0.121. The highest BCUT2D eigenvalue weighted by molar-refractivity contribution is 5.01. The number of hydrogen-bond acceptors (Lipinski definition) is 4. The lowest BCUT2D eigenvalue weighted by Gasteiger charge is -2.29. The van der Waals surface area contributed by atoms with Crippen molar-refractivity contribution in [1.29, 1.82) is 0 Å². The monoisotopic (exact) mass is 249 g/mol. The molecule has 1 atom stereocenters. The fraction of sp³-hybridized carbons (Fsp3) is 0.714. The molecule has 0 aliphatic carbocycles. The summed E-state index contributed by atoms with van der Waals surface area (Å²) < 4.78 is 0. The van der Waals surface area contributed by atoms with Crippen LogP contribution < -0.4 is 0 Å². The molecule has 100 valence electrons. The van der Waals surface area contributed by atoms with Crippen LogP contribution in [0, 0.1) is 12.3 Å². The number of aliphatic hydroxyl groups is 1. The minimum Gasteiger partial charge on any atom is -0.393 e. The van der Waals surface area contributed by atoms with Gasteiger partial charge in [-0.3, -0.25) is 14.9 Å². The summed E-state index contributed by atoms with van der Waals surface area (Å²) in [6.45, 7) is 9.14. The Morgan fingerprint density at radius 2 is 2.17 bits per heavy atom. The standard InChI is InChI=1S/C14H23N3O/c1-11-7-16-12(8-15-11)9-17-5-4-13(18)6-14(2,3)10-17/h7-8,13,18H,4-6,9-10H2,1-3H3/t13-/m1/s1. The summed E-state index contributed by atoms with van der Waals surface area (Å²) >= 11 is 0. The van der Waals surface area contributed by atoms with Crippen LogP contribution in [0.3, 0.4) is 0 Å². The van der Waals surface area contributed by atoms with Crippen LogP contribution in [0.5, 0.6) is 0 Å². The van der Waals surface area contributed by atoms with Gasteiger partial charge in [-0.2, -0.15) is 0 Å². The highest BCUT2D eigenvalue weighted by Gasteiger charge is 2.29. The summed E-state index contributed by atoms with van der Waals surface area (Å²) in [5, 5.41) is 9.89. The molecule has 0 unspecified atom stereocenters. The summed E-state index contributed by atoms with van der Waals surface area (Å²) in [7, 11) is 0. The predicted molar refractivity (Wildman–Crippen MR) is 71.1 cm³/mol. The van der Waals surface area contributed by atoms with Crippen molar-refractivity contribution in [2.24, 2.45) is 5.41 Å². The maximum absolute atomic E-state index is 9.89. The van der Waals surface area contributed by atoms with E-state index in [1.54, 1.807) is 0 Å². The summed E-state index contributed by atoms with van der Waals surface area (Å²) in [5.74, 6) is 0. The van der Waals surface area contributed by atoms with Crippen molar-refractivity contribution >= 4 is 0 Å². The molecule has 1 N–H and O–H groups in total. The quantitative estimate of drug-likeness (QED) is 0.868. The first-order valence-corrected chi connectivity index (χ1v) is 6.63. The van der Waals surface area contributed by atoms with E-state index in [0.717, 1.165) is 43.9 Å². The highest BCUT2D eigenvalue weighted by Crippen LogP contribution is 2.28. The molecule has 1 aromatic heterocycles. The molecule has 1 aliphatic rings. The maximum atomic E-state index is 9.89. The van der Waals surface area contributed by atoms with Gasteiger partial charge in [-0.25, -0.2) is 0 Å². The fourth-order valence-corrected chi connectivity index (χ4v) is 2.69. The number of aliphatic hydroxyl groups excluding tert-OH is 1. The van der Waals surface area contributed by atoms with Crippen molar-refractivity contribution in [1.82, 2.24) is 14.9 Å². The Kier molecular flexibility index (Phi) is 3.97. The average Bonchev–Trinajstić information content (AvgIpc) is 2.40. The second-order valence-corrected chi connectivity index (χ2v) is 6.17. The first-order valence-electron chi connectivity index (χ1n) is 6.63. The molecular formula is C14H23N3O. The fourth-order valence-electron chi connectivity index (χ4n) is 2.69. The molecule has 0 saturated carbocycles. The van der Waals surface area contributed by atoms with E-state index >= 15 is 0 Å². The normalized spacial score (nSPS) is 24.8. The molecule has 4 heteroatoms. The van der Waals surface area contributed by atoms with E-state index in [2.05, 4.69) is 28.7 Å². The van der Waals surface area contributed by atoms with Crippen LogP contribution in [0.1, 0.15) is 38.1 Å². The topological polar surface area (TPSA) is 49.2 Å². The first-order chi connectivity index (χ1) is 8.44. The Hall–Kier alpha value is -1.00. The number of likely N-dealkylation sites (tertiary alicyclic amines) is 1. The van der Waals surface area contributed by atoms with Gasteiger partial charge in [-0.15, -0.1) is 0 Å². The zero-order chi connectivity index (χ0) is 13.2. The highest BCUT2D eigenvalue weighted by atomic mass is 16.3. The third-order valence-electron chi connectivity index (χ3n) is 3.44. The molecule has 0 radical (unpaired) electrons. The molecule has 4 nitrogen and oxygen atoms in total. The molecule has 1 saturated heterocycles. The lowest BCUT2D eigenvalue weighted by Crippen LogP contribution is -2.32. The number of aryl methyl sites for hydroxylation is 1. The van der Waals surface area contributed by atoms with Crippen LogP contribution in [0.4, 0.5) is 0 Å². The second kappa shape index (κ2) is 5.33. The van der Waals surface area contributed by atoms with Crippen LogP contribution in [0.25, 0.3) is 0 Å². The SMILES string of the molecule is Cc1cnc(CN2CC[C@@H](O)CC(C)(C)C2)cn1. The maximum Gasteiger partial charge on any atom is 0.0727 e. The van der Waals surface area contributed by atoms with Gasteiger partial charge in [-0.1, -0.05) is 13.8 Å². The van der Waals surface area contributed by atoms with Crippen LogP contribution in [-0.4, -0.2) is 39.2 Å². The zero-order valence-corrected chi connectivity index (χ0v) is 11.6. The molecule has 0 aromatic carbocycles. The second-order valence-electron chi connectivity index (χ2n) is 6.17. The van der Waals surface area contributed by atoms with Gasteiger partial charge in [0, 0.05) is 32.0 Å². The van der Waals surface area contributed by atoms with Crippen LogP contribution in [0.15, 0.2) is 12.4 Å². The van der Waals surface area contributed by atoms with E-state index in [1.165, 1.54) is 0 Å². The van der Waals surface area contributed by atoms with E-state index in [-0.39, 0.29) is 11.5 Å². The third-order valence-corrected chi connectivity index (χ3v) is 3.44. The van der Waals surface area contributed by atoms with E-state index in [0.29, 0.717) is 0 Å². The smallest absolute Gasteiger partial charge is 0.0727 e. The summed E-state index contributed by atoms with van der Waals surface area (Å²) in [6.07, 6.45) is 5.22. The molecule has 18 heavy (non-hydrogen) atoms. The largest absolute Gasteiger partial charge is 0.393 e. The van der Waals surface area contributed by atoms with Gasteiger partial charge in [0.2, 0.25) is 0 Å². The molecule has 2 heterocycles. The zero-order valence-electron chi connectivity index (χ0n) is 11.6. The number of hydrogen-bond donors (Lipinski definition) is 1. The Balaban J connectivity index is 2.02. The first kappa shape index (κ1) is 13.4. The van der Waals surface area contributed by atoms with Crippen LogP contribution >= 0.6 is 0 Å². The Morgan fingerprint density at radius 3 is 2.83 bits per heavy atom. The van der Waals surface area contributed by atoms with Crippen LogP contribution in [-0.2, 0) is 6.54 Å². The van der Waals surface area contributed by atoms with Gasteiger partial charge >= 0.3 is 0 Å². The molecule has 2 rings (SSSR count). The van der Waals surface area contributed by atoms with Crippen molar-refractivity contribution in [2.45, 2.75) is 46.3 Å². The minimum absolute atomic E-state index is 0.161. The van der Waals surface area contributed by atoms with E-state index in [4.69, 9.17) is 0 Å². The van der Waals surface area contributed by atoms with Gasteiger partial charge in [0.1, 0.15) is 0 Å². The molecule has 1 aliphatic heterocycles. The molecule has 0 spiro atoms. The van der Waals surface area contributed by atoms with Gasteiger partial charge in [-0.05, 0) is 25.2 Å². The van der Waals surface area contributed by atoms with Gasteiger partial charge in [0.05, 0.1) is 17.5 Å². The molecule has 0 amide bonds. The van der Waals surface area contributed by atoms with Gasteiger partial charge < -0.3 is 5.11 Å². The van der Waals surface area contributed by atoms with Crippen LogP contribution in [0.2, 0.25) is 0 Å². The molecule has 1 fully saturated rings. The third kappa shape index (κ3) is 3.75. The Bertz CT molecular complexity index is 389. The van der Waals surface area contributed by atoms with E-state index in [1.807, 2.05) is 19.3 Å². The van der Waals surface area contributed by atoms with E-state index in [9.17, 15) is 5.11 Å². The summed E-state index contributed by atoms with van der Waals surface area (Å²) in [6, 6.07) is 0. The number of nitrogens with zero attached hydrogens (tertiary/aromatic N) is 3. The number of rotatable bonds is 2. The van der Waals surface area contributed by atoms with Crippen molar-refractivity contribution < 1.29 is 5.11 Å². The Labute approximate surface area is 109 Å². The van der Waals surface area contributed by atoms with E-state index < -0.39 is 0 Å². The minimum atomic E-state index is -0.172. The van der Waals surface area contributed by atoms with Crippen molar-refractivity contribution in [2.75, 3.05) is 13.1 Å². The lowest BCUT2D eigenvalue weighted by atomic mass is 9.87. The Morgan fingerprint density at radius 1 is 1.39 bits per heavy atom. The van der Waals surface area contributed by atoms with Crippen molar-refractivity contribution in [3.05, 3.63) is 23.8 Å². The number of aromatic nitrogens is 2. The average molecular weight is 249 g/mol. The summed E-state index contributed by atoms with van der Waals surface area (Å²) in [4.78, 5) is 11.1.